The molecule has 0 radical (unpaired) electrons. The Hall–Kier alpha value is -2.97. The van der Waals surface area contributed by atoms with Gasteiger partial charge in [0.2, 0.25) is 11.8 Å². The van der Waals surface area contributed by atoms with Gasteiger partial charge in [-0.15, -0.1) is 0 Å². The lowest BCUT2D eigenvalue weighted by molar-refractivity contribution is 0.0256. The minimum Gasteiger partial charge on any atom is -0.469 e. The molecule has 2 aromatic carbocycles. The van der Waals surface area contributed by atoms with Crippen LogP contribution in [0.2, 0.25) is 0 Å². The number of aryl methyl sites for hydroxylation is 2. The van der Waals surface area contributed by atoms with E-state index in [1.165, 1.54) is 11.1 Å². The van der Waals surface area contributed by atoms with Crippen LogP contribution < -0.4 is 9.46 Å². The summed E-state index contributed by atoms with van der Waals surface area (Å²) in [5, 5.41) is 0. The largest absolute Gasteiger partial charge is 0.469 e. The predicted molar refractivity (Wildman–Crippen MR) is 154 cm³/mol. The van der Waals surface area contributed by atoms with Crippen molar-refractivity contribution in [3.05, 3.63) is 70.8 Å². The zero-order chi connectivity index (χ0) is 27.3. The predicted octanol–water partition coefficient (Wildman–Crippen LogP) is 6.10. The number of aromatic nitrogens is 2. The van der Waals surface area contributed by atoms with Gasteiger partial charge in [0.05, 0.1) is 5.69 Å². The quantitative estimate of drug-likeness (QED) is 0.429. The normalized spacial score (nSPS) is 27.4. The fraction of sp³-hybridized carbons (Fsp3) is 0.484. The molecule has 6 bridgehead atoms. The second-order valence-corrected chi connectivity index (χ2v) is 13.6. The van der Waals surface area contributed by atoms with E-state index in [2.05, 4.69) is 47.8 Å². The molecule has 3 aromatic rings. The summed E-state index contributed by atoms with van der Waals surface area (Å²) >= 11 is 0. The first-order chi connectivity index (χ1) is 18.7. The van der Waals surface area contributed by atoms with Crippen molar-refractivity contribution in [2.24, 2.45) is 23.7 Å². The highest BCUT2D eigenvalue weighted by Crippen LogP contribution is 2.48. The van der Waals surface area contributed by atoms with Gasteiger partial charge in [0, 0.05) is 30.6 Å². The maximum Gasteiger partial charge on any atom is 0.303 e. The molecule has 206 valence electrons. The summed E-state index contributed by atoms with van der Waals surface area (Å²) in [6, 6.07) is 16.6. The number of fused-ring (bicyclic) bond motifs is 9. The van der Waals surface area contributed by atoms with Crippen LogP contribution in [0.5, 0.6) is 5.88 Å². The average molecular weight is 547 g/mol. The lowest BCUT2D eigenvalue weighted by Gasteiger charge is -2.46. The number of anilines is 1. The summed E-state index contributed by atoms with van der Waals surface area (Å²) in [5.74, 6) is 1.77. The molecule has 1 aromatic heterocycles. The molecule has 3 unspecified atom stereocenters. The second kappa shape index (κ2) is 10.2. The molecular formula is C31H38N4O3S. The highest BCUT2D eigenvalue weighted by molar-refractivity contribution is 7.90. The van der Waals surface area contributed by atoms with Crippen LogP contribution >= 0.6 is 0 Å². The van der Waals surface area contributed by atoms with Crippen LogP contribution in [-0.2, 0) is 16.6 Å². The first-order valence-electron chi connectivity index (χ1n) is 14.2. The number of piperidine rings is 1. The lowest BCUT2D eigenvalue weighted by Crippen LogP contribution is -2.48. The molecule has 3 aliphatic rings. The third kappa shape index (κ3) is 5.05. The van der Waals surface area contributed by atoms with Gasteiger partial charge in [-0.2, -0.15) is 17.7 Å². The zero-order valence-corrected chi connectivity index (χ0v) is 24.0. The molecule has 0 amide bonds. The highest BCUT2D eigenvalue weighted by Gasteiger charge is 2.44. The smallest absolute Gasteiger partial charge is 0.303 e. The monoisotopic (exact) mass is 546 g/mol. The molecule has 1 aliphatic carbocycles. The van der Waals surface area contributed by atoms with Gasteiger partial charge in [-0.1, -0.05) is 56.3 Å². The summed E-state index contributed by atoms with van der Waals surface area (Å²) in [7, 11) is -3.82. The standard InChI is InChI=1S/C31H38N4O3S/c1-19(2)15-26-25-16-22-11-5-6-13-24(22)30(26)38-28-17-27(29-20(3)9-7-10-21(29)4)32-31(33-28)34-39(36,37)35-14-8-12-23(25)18-35/h5-7,9-11,13,17,19,23,25-26,30H,8,12,14-16,18H2,1-4H3,(H,32,33,34)/t23?,25?,26-,30+/m0/s1. The van der Waals surface area contributed by atoms with Gasteiger partial charge in [-0.3, -0.25) is 0 Å². The average Bonchev–Trinajstić information content (AvgIpc) is 2.89. The van der Waals surface area contributed by atoms with Crippen LogP contribution in [-0.4, -0.2) is 35.8 Å². The Morgan fingerprint density at radius 3 is 2.62 bits per heavy atom. The number of benzene rings is 2. The molecule has 3 heterocycles. The molecule has 6 rings (SSSR count). The topological polar surface area (TPSA) is 84.4 Å². The Bertz CT molecular complexity index is 1470. The third-order valence-electron chi connectivity index (χ3n) is 8.77. The molecule has 8 heteroatoms. The van der Waals surface area contributed by atoms with Crippen molar-refractivity contribution in [1.29, 1.82) is 0 Å². The van der Waals surface area contributed by atoms with Crippen LogP contribution in [0.1, 0.15) is 61.5 Å². The van der Waals surface area contributed by atoms with Crippen molar-refractivity contribution in [2.45, 2.75) is 59.5 Å². The molecule has 5 atom stereocenters. The van der Waals surface area contributed by atoms with E-state index in [0.717, 1.165) is 42.4 Å². The Kier molecular flexibility index (Phi) is 6.88. The molecular weight excluding hydrogens is 508 g/mol. The van der Waals surface area contributed by atoms with Crippen molar-refractivity contribution in [3.8, 4) is 17.1 Å². The summed E-state index contributed by atoms with van der Waals surface area (Å²) in [6.45, 7) is 9.63. The Morgan fingerprint density at radius 2 is 1.85 bits per heavy atom. The van der Waals surface area contributed by atoms with Gasteiger partial charge in [0.1, 0.15) is 6.10 Å². The maximum atomic E-state index is 13.6. The first kappa shape index (κ1) is 26.3. The SMILES string of the molecule is Cc1cccc(C)c1-c1cc2nc(n1)NS(=O)(=O)N1CCCC(C1)C1Cc3ccccc3[C@@H](O2)[C@H]1CC(C)C. The van der Waals surface area contributed by atoms with E-state index < -0.39 is 10.2 Å². The van der Waals surface area contributed by atoms with Crippen molar-refractivity contribution >= 4 is 16.2 Å². The molecule has 2 aliphatic heterocycles. The minimum atomic E-state index is -3.82. The summed E-state index contributed by atoms with van der Waals surface area (Å²) < 4.78 is 38.5. The van der Waals surface area contributed by atoms with E-state index in [1.807, 2.05) is 38.1 Å². The minimum absolute atomic E-state index is 0.0499. The third-order valence-corrected chi connectivity index (χ3v) is 10.2. The van der Waals surface area contributed by atoms with Gasteiger partial charge in [0.25, 0.3) is 0 Å². The van der Waals surface area contributed by atoms with E-state index in [9.17, 15) is 8.42 Å². The number of rotatable bonds is 3. The molecule has 0 spiro atoms. The van der Waals surface area contributed by atoms with E-state index >= 15 is 0 Å². The van der Waals surface area contributed by atoms with Crippen molar-refractivity contribution in [2.75, 3.05) is 17.8 Å². The Labute approximate surface area is 232 Å². The molecule has 0 saturated carbocycles. The zero-order valence-electron chi connectivity index (χ0n) is 23.2. The van der Waals surface area contributed by atoms with E-state index in [4.69, 9.17) is 9.72 Å². The van der Waals surface area contributed by atoms with Crippen LogP contribution in [0.3, 0.4) is 0 Å². The number of hydrogen-bond donors (Lipinski definition) is 1. The molecule has 1 N–H and O–H groups in total. The van der Waals surface area contributed by atoms with Gasteiger partial charge in [0.15, 0.2) is 0 Å². The number of hydrogen-bond acceptors (Lipinski definition) is 5. The Balaban J connectivity index is 1.56. The number of nitrogens with one attached hydrogen (secondary N) is 1. The molecule has 7 nitrogen and oxygen atoms in total. The Morgan fingerprint density at radius 1 is 1.08 bits per heavy atom. The summed E-state index contributed by atoms with van der Waals surface area (Å²) in [5.41, 5.74) is 6.27. The van der Waals surface area contributed by atoms with Crippen molar-refractivity contribution < 1.29 is 13.2 Å². The second-order valence-electron chi connectivity index (χ2n) is 11.9. The fourth-order valence-electron chi connectivity index (χ4n) is 7.10. The van der Waals surface area contributed by atoms with Crippen molar-refractivity contribution in [1.82, 2.24) is 14.3 Å². The number of ether oxygens (including phenoxy) is 1. The van der Waals surface area contributed by atoms with Gasteiger partial charge < -0.3 is 4.74 Å². The van der Waals surface area contributed by atoms with Crippen LogP contribution in [0.15, 0.2) is 48.5 Å². The number of nitrogens with zero attached hydrogens (tertiary/aromatic N) is 3. The highest BCUT2D eigenvalue weighted by atomic mass is 32.2. The van der Waals surface area contributed by atoms with E-state index in [1.54, 1.807) is 4.31 Å². The molecule has 39 heavy (non-hydrogen) atoms. The van der Waals surface area contributed by atoms with E-state index in [0.29, 0.717) is 36.5 Å². The summed E-state index contributed by atoms with van der Waals surface area (Å²) in [6.07, 6.45) is 3.66. The van der Waals surface area contributed by atoms with E-state index in [-0.39, 0.29) is 23.9 Å². The van der Waals surface area contributed by atoms with Crippen LogP contribution in [0.25, 0.3) is 11.3 Å². The molecule has 1 fully saturated rings. The van der Waals surface area contributed by atoms with Gasteiger partial charge in [-0.05, 0) is 79.5 Å². The first-order valence-corrected chi connectivity index (χ1v) is 15.6. The summed E-state index contributed by atoms with van der Waals surface area (Å²) in [4.78, 5) is 9.34. The molecule has 1 saturated heterocycles. The lowest BCUT2D eigenvalue weighted by atomic mass is 9.65. The van der Waals surface area contributed by atoms with Gasteiger partial charge >= 0.3 is 10.2 Å². The van der Waals surface area contributed by atoms with Crippen LogP contribution in [0, 0.1) is 37.5 Å². The van der Waals surface area contributed by atoms with Crippen molar-refractivity contribution in [3.63, 3.8) is 0 Å². The van der Waals surface area contributed by atoms with Crippen LogP contribution in [0.4, 0.5) is 5.95 Å². The van der Waals surface area contributed by atoms with Gasteiger partial charge in [-0.25, -0.2) is 9.71 Å². The fourth-order valence-corrected chi connectivity index (χ4v) is 8.31. The maximum absolute atomic E-state index is 13.6.